The van der Waals surface area contributed by atoms with Gasteiger partial charge in [0.05, 0.1) is 5.92 Å². The Kier molecular flexibility index (Phi) is 4.83. The average Bonchev–Trinajstić information content (AvgIpc) is 1.97. The zero-order valence-electron chi connectivity index (χ0n) is 7.13. The fraction of sp³-hybridized carbons (Fsp3) is 0.714. The Balaban J connectivity index is 3.31. The highest BCUT2D eigenvalue weighted by Gasteiger charge is 2.09. The second-order valence-electron chi connectivity index (χ2n) is 2.72. The third kappa shape index (κ3) is 5.52. The molecule has 0 heterocycles. The Bertz CT molecular complexity index is 170. The van der Waals surface area contributed by atoms with Crippen LogP contribution in [0.15, 0.2) is 0 Å². The first-order chi connectivity index (χ1) is 5.54. The molecule has 0 unspecified atom stereocenters. The van der Waals surface area contributed by atoms with E-state index >= 15 is 0 Å². The van der Waals surface area contributed by atoms with Crippen molar-refractivity contribution in [3.05, 3.63) is 0 Å². The van der Waals surface area contributed by atoms with Crippen molar-refractivity contribution < 1.29 is 9.90 Å². The van der Waals surface area contributed by atoms with Gasteiger partial charge in [0.25, 0.3) is 0 Å². The molecule has 0 spiro atoms. The van der Waals surface area contributed by atoms with Gasteiger partial charge in [0.15, 0.2) is 5.96 Å². The third-order valence-electron chi connectivity index (χ3n) is 1.55. The zero-order chi connectivity index (χ0) is 9.56. The Morgan fingerprint density at radius 1 is 1.75 bits per heavy atom. The molecule has 0 aliphatic rings. The summed E-state index contributed by atoms with van der Waals surface area (Å²) in [6.07, 6.45) is 1.32. The lowest BCUT2D eigenvalue weighted by Gasteiger charge is -2.06. The number of carboxylic acid groups (broad SMARTS) is 1. The second-order valence-corrected chi connectivity index (χ2v) is 2.72. The summed E-state index contributed by atoms with van der Waals surface area (Å²) in [5.74, 6) is -1.17. The van der Waals surface area contributed by atoms with Gasteiger partial charge in [-0.1, -0.05) is 6.92 Å². The number of guanidine groups is 1. The minimum atomic E-state index is -0.780. The van der Waals surface area contributed by atoms with Crippen molar-refractivity contribution in [2.24, 2.45) is 11.7 Å². The molecule has 0 aromatic rings. The fourth-order valence-corrected chi connectivity index (χ4v) is 0.755. The van der Waals surface area contributed by atoms with Crippen LogP contribution in [0.5, 0.6) is 0 Å². The molecule has 0 saturated heterocycles. The number of nitrogens with two attached hydrogens (primary N) is 1. The average molecular weight is 173 g/mol. The van der Waals surface area contributed by atoms with E-state index in [4.69, 9.17) is 16.2 Å². The van der Waals surface area contributed by atoms with Gasteiger partial charge in [0, 0.05) is 6.54 Å². The van der Waals surface area contributed by atoms with Crippen LogP contribution in [0.1, 0.15) is 19.8 Å². The number of nitrogens with one attached hydrogen (secondary N) is 2. The highest BCUT2D eigenvalue weighted by molar-refractivity contribution is 5.74. The van der Waals surface area contributed by atoms with E-state index in [1.54, 1.807) is 6.92 Å². The topological polar surface area (TPSA) is 99.2 Å². The molecule has 5 N–H and O–H groups in total. The molecular formula is C7H15N3O2. The predicted octanol–water partition coefficient (Wildman–Crippen LogP) is -0.0296. The maximum Gasteiger partial charge on any atom is 0.306 e. The van der Waals surface area contributed by atoms with Gasteiger partial charge in [0.2, 0.25) is 0 Å². The van der Waals surface area contributed by atoms with Crippen LogP contribution in [0.4, 0.5) is 0 Å². The van der Waals surface area contributed by atoms with Crippen molar-refractivity contribution in [3.8, 4) is 0 Å². The molecule has 12 heavy (non-hydrogen) atoms. The lowest BCUT2D eigenvalue weighted by atomic mass is 10.1. The minimum absolute atomic E-state index is 0.0713. The molecule has 70 valence electrons. The molecule has 0 aromatic heterocycles. The minimum Gasteiger partial charge on any atom is -0.481 e. The predicted molar refractivity (Wildman–Crippen MR) is 46.0 cm³/mol. The van der Waals surface area contributed by atoms with Crippen molar-refractivity contribution in [1.82, 2.24) is 5.32 Å². The van der Waals surface area contributed by atoms with Gasteiger partial charge in [0.1, 0.15) is 0 Å². The Labute approximate surface area is 71.5 Å². The van der Waals surface area contributed by atoms with Gasteiger partial charge in [-0.3, -0.25) is 10.2 Å². The maximum atomic E-state index is 10.3. The van der Waals surface area contributed by atoms with Gasteiger partial charge in [-0.05, 0) is 12.8 Å². The monoisotopic (exact) mass is 173 g/mol. The van der Waals surface area contributed by atoms with E-state index in [-0.39, 0.29) is 11.9 Å². The number of rotatable bonds is 5. The molecule has 0 aromatic carbocycles. The van der Waals surface area contributed by atoms with Crippen LogP contribution in [-0.2, 0) is 4.79 Å². The summed E-state index contributed by atoms with van der Waals surface area (Å²) in [6, 6.07) is 0. The molecule has 0 aliphatic carbocycles. The van der Waals surface area contributed by atoms with Gasteiger partial charge < -0.3 is 16.2 Å². The molecule has 5 heteroatoms. The Hall–Kier alpha value is -1.26. The van der Waals surface area contributed by atoms with E-state index in [1.807, 2.05) is 0 Å². The summed E-state index contributed by atoms with van der Waals surface area (Å²) in [4.78, 5) is 10.3. The standard InChI is InChI=1S/C7H15N3O2/c1-5(6(11)12)3-2-4-10-7(8)9/h5H,2-4H2,1H3,(H,11,12)(H4,8,9,10)/t5-/m1/s1. The van der Waals surface area contributed by atoms with Crippen molar-refractivity contribution in [2.45, 2.75) is 19.8 Å². The van der Waals surface area contributed by atoms with Crippen LogP contribution in [0.25, 0.3) is 0 Å². The van der Waals surface area contributed by atoms with E-state index in [9.17, 15) is 4.79 Å². The van der Waals surface area contributed by atoms with E-state index in [0.29, 0.717) is 19.4 Å². The Morgan fingerprint density at radius 3 is 2.75 bits per heavy atom. The van der Waals surface area contributed by atoms with Crippen molar-refractivity contribution in [3.63, 3.8) is 0 Å². The van der Waals surface area contributed by atoms with Crippen LogP contribution in [0.3, 0.4) is 0 Å². The summed E-state index contributed by atoms with van der Waals surface area (Å²) in [5, 5.41) is 17.9. The number of carbonyl (C=O) groups is 1. The van der Waals surface area contributed by atoms with Gasteiger partial charge in [-0.25, -0.2) is 0 Å². The van der Waals surface area contributed by atoms with Gasteiger partial charge >= 0.3 is 5.97 Å². The molecule has 0 fully saturated rings. The second kappa shape index (κ2) is 5.40. The molecule has 0 radical (unpaired) electrons. The van der Waals surface area contributed by atoms with Crippen LogP contribution >= 0.6 is 0 Å². The maximum absolute atomic E-state index is 10.3. The number of carboxylic acids is 1. The highest BCUT2D eigenvalue weighted by Crippen LogP contribution is 2.03. The van der Waals surface area contributed by atoms with E-state index in [1.165, 1.54) is 0 Å². The zero-order valence-corrected chi connectivity index (χ0v) is 7.13. The van der Waals surface area contributed by atoms with E-state index < -0.39 is 5.97 Å². The molecule has 0 saturated carbocycles. The van der Waals surface area contributed by atoms with Gasteiger partial charge in [-0.2, -0.15) is 0 Å². The van der Waals surface area contributed by atoms with Crippen molar-refractivity contribution in [2.75, 3.05) is 6.54 Å². The largest absolute Gasteiger partial charge is 0.481 e. The molecule has 0 bridgehead atoms. The first-order valence-corrected chi connectivity index (χ1v) is 3.84. The van der Waals surface area contributed by atoms with Crippen molar-refractivity contribution >= 4 is 11.9 Å². The van der Waals surface area contributed by atoms with Crippen LogP contribution in [0, 0.1) is 11.3 Å². The number of hydrogen-bond acceptors (Lipinski definition) is 2. The first kappa shape index (κ1) is 10.7. The fourth-order valence-electron chi connectivity index (χ4n) is 0.755. The molecule has 0 aliphatic heterocycles. The smallest absolute Gasteiger partial charge is 0.306 e. The number of hydrogen-bond donors (Lipinski definition) is 4. The normalized spacial score (nSPS) is 12.1. The molecular weight excluding hydrogens is 158 g/mol. The first-order valence-electron chi connectivity index (χ1n) is 3.84. The lowest BCUT2D eigenvalue weighted by Crippen LogP contribution is -2.31. The van der Waals surface area contributed by atoms with Crippen LogP contribution in [0.2, 0.25) is 0 Å². The molecule has 0 amide bonds. The summed E-state index contributed by atoms with van der Waals surface area (Å²) in [6.45, 7) is 2.23. The molecule has 5 nitrogen and oxygen atoms in total. The lowest BCUT2D eigenvalue weighted by molar-refractivity contribution is -0.141. The summed E-state index contributed by atoms with van der Waals surface area (Å²) < 4.78 is 0. The van der Waals surface area contributed by atoms with E-state index in [0.717, 1.165) is 0 Å². The van der Waals surface area contributed by atoms with Gasteiger partial charge in [-0.15, -0.1) is 0 Å². The number of aliphatic carboxylic acids is 1. The SMILES string of the molecule is C[C@H](CCCNC(=N)N)C(=O)O. The highest BCUT2D eigenvalue weighted by atomic mass is 16.4. The molecule has 1 atom stereocenters. The van der Waals surface area contributed by atoms with Crippen LogP contribution < -0.4 is 11.1 Å². The summed E-state index contributed by atoms with van der Waals surface area (Å²) in [7, 11) is 0. The quantitative estimate of drug-likeness (QED) is 0.266. The van der Waals surface area contributed by atoms with E-state index in [2.05, 4.69) is 5.32 Å². The molecule has 0 rings (SSSR count). The third-order valence-corrected chi connectivity index (χ3v) is 1.55. The summed E-state index contributed by atoms with van der Waals surface area (Å²) >= 11 is 0. The summed E-state index contributed by atoms with van der Waals surface area (Å²) in [5.41, 5.74) is 5.02. The Morgan fingerprint density at radius 2 is 2.33 bits per heavy atom. The van der Waals surface area contributed by atoms with Crippen LogP contribution in [-0.4, -0.2) is 23.6 Å². The van der Waals surface area contributed by atoms with Crippen molar-refractivity contribution in [1.29, 1.82) is 5.41 Å².